The Morgan fingerprint density at radius 1 is 1.18 bits per heavy atom. The Labute approximate surface area is 204 Å². The average Bonchev–Trinajstić information content (AvgIpc) is 3.20. The molecular formula is C28H43NO5. The lowest BCUT2D eigenvalue weighted by atomic mass is 9.73. The molecule has 6 nitrogen and oxygen atoms in total. The molecule has 0 aliphatic carbocycles. The van der Waals surface area contributed by atoms with Crippen molar-refractivity contribution in [2.24, 2.45) is 5.92 Å². The molecule has 3 rings (SSSR count). The molecule has 1 amide bonds. The zero-order valence-electron chi connectivity index (χ0n) is 22.1. The van der Waals surface area contributed by atoms with Gasteiger partial charge in [0.1, 0.15) is 16.9 Å². The molecule has 1 aromatic carbocycles. The lowest BCUT2D eigenvalue weighted by Crippen LogP contribution is -2.49. The Bertz CT molecular complexity index is 967. The van der Waals surface area contributed by atoms with Gasteiger partial charge >= 0.3 is 6.09 Å². The van der Waals surface area contributed by atoms with E-state index in [-0.39, 0.29) is 17.4 Å². The number of ether oxygens (including phenoxy) is 2. The van der Waals surface area contributed by atoms with Crippen molar-refractivity contribution in [3.05, 3.63) is 35.6 Å². The van der Waals surface area contributed by atoms with Crippen LogP contribution in [-0.4, -0.2) is 48.5 Å². The number of para-hydroxylation sites is 1. The van der Waals surface area contributed by atoms with Crippen molar-refractivity contribution in [2.75, 3.05) is 26.8 Å². The second-order valence-electron chi connectivity index (χ2n) is 11.7. The smallest absolute Gasteiger partial charge is 0.410 e. The second-order valence-corrected chi connectivity index (χ2v) is 11.7. The molecule has 0 unspecified atom stereocenters. The van der Waals surface area contributed by atoms with Gasteiger partial charge in [0.15, 0.2) is 0 Å². The van der Waals surface area contributed by atoms with E-state index in [0.717, 1.165) is 48.0 Å². The van der Waals surface area contributed by atoms with E-state index in [1.165, 1.54) is 0 Å². The number of methoxy groups -OCH3 is 1. The topological polar surface area (TPSA) is 72.1 Å². The Kier molecular flexibility index (Phi) is 8.03. The molecule has 2 aromatic rings. The number of piperidine rings is 1. The highest BCUT2D eigenvalue weighted by atomic mass is 16.6. The fourth-order valence-corrected chi connectivity index (χ4v) is 4.83. The van der Waals surface area contributed by atoms with Crippen molar-refractivity contribution in [1.29, 1.82) is 0 Å². The van der Waals surface area contributed by atoms with Crippen LogP contribution in [-0.2, 0) is 20.5 Å². The predicted molar refractivity (Wildman–Crippen MR) is 135 cm³/mol. The Morgan fingerprint density at radius 2 is 1.91 bits per heavy atom. The van der Waals surface area contributed by atoms with E-state index in [1.54, 1.807) is 12.0 Å². The number of carbonyl (C=O) groups is 1. The van der Waals surface area contributed by atoms with Gasteiger partial charge in [-0.1, -0.05) is 39.0 Å². The maximum atomic E-state index is 12.8. The van der Waals surface area contributed by atoms with Crippen LogP contribution in [0.2, 0.25) is 0 Å². The van der Waals surface area contributed by atoms with Crippen molar-refractivity contribution < 1.29 is 23.8 Å². The maximum absolute atomic E-state index is 12.8. The van der Waals surface area contributed by atoms with Crippen LogP contribution in [0, 0.1) is 5.92 Å². The van der Waals surface area contributed by atoms with Crippen LogP contribution in [0.5, 0.6) is 0 Å². The first-order chi connectivity index (χ1) is 15.8. The number of rotatable bonds is 7. The highest BCUT2D eigenvalue weighted by molar-refractivity contribution is 5.82. The van der Waals surface area contributed by atoms with Crippen molar-refractivity contribution in [3.63, 3.8) is 0 Å². The lowest BCUT2D eigenvalue weighted by Gasteiger charge is -2.43. The van der Waals surface area contributed by atoms with Gasteiger partial charge in [0.2, 0.25) is 0 Å². The minimum atomic E-state index is -1.12. The number of likely N-dealkylation sites (tertiary alicyclic amines) is 1. The summed E-state index contributed by atoms with van der Waals surface area (Å²) in [5, 5.41) is 13.4. The van der Waals surface area contributed by atoms with Crippen molar-refractivity contribution >= 4 is 17.1 Å². The number of carbonyl (C=O) groups excluding carboxylic acids is 1. The lowest BCUT2D eigenvalue weighted by molar-refractivity contribution is -0.0637. The Balaban J connectivity index is 1.98. The third-order valence-electron chi connectivity index (χ3n) is 6.65. The first-order valence-corrected chi connectivity index (χ1v) is 12.6. The average molecular weight is 474 g/mol. The van der Waals surface area contributed by atoms with Gasteiger partial charge in [-0.2, -0.15) is 0 Å². The molecule has 0 saturated carbocycles. The molecule has 2 heterocycles. The highest BCUT2D eigenvalue weighted by Gasteiger charge is 2.43. The summed E-state index contributed by atoms with van der Waals surface area (Å²) < 4.78 is 17.3. The summed E-state index contributed by atoms with van der Waals surface area (Å²) in [5.41, 5.74) is -0.250. The molecule has 34 heavy (non-hydrogen) atoms. The molecule has 190 valence electrons. The third kappa shape index (κ3) is 6.14. The standard InChI is InChI=1S/C28H43NO5/c1-26(2,3)23-18-20-12-10-14-22(24(20)33-23)28(31,15-8-9-17-32-7)21-13-11-16-29(19-21)25(30)34-27(4,5)6/h10,12,14,18,21,31H,8-9,11,13,15-17,19H2,1-7H3/t21-,28+/m1/s1. The molecule has 2 atom stereocenters. The van der Waals surface area contributed by atoms with E-state index < -0.39 is 11.2 Å². The van der Waals surface area contributed by atoms with Gasteiger partial charge in [-0.3, -0.25) is 0 Å². The summed E-state index contributed by atoms with van der Waals surface area (Å²) in [6.07, 6.45) is 3.60. The molecule has 6 heteroatoms. The summed E-state index contributed by atoms with van der Waals surface area (Å²) in [4.78, 5) is 14.6. The molecule has 1 aliphatic heterocycles. The SMILES string of the molecule is COCCCC[C@@](O)(c1cccc2cc(C(C)(C)C)oc12)[C@@H]1CCCN(C(=O)OC(C)(C)C)C1. The van der Waals surface area contributed by atoms with E-state index in [9.17, 15) is 9.90 Å². The number of fused-ring (bicyclic) bond motifs is 1. The van der Waals surface area contributed by atoms with E-state index in [2.05, 4.69) is 26.8 Å². The van der Waals surface area contributed by atoms with Gasteiger partial charge in [0.25, 0.3) is 0 Å². The summed E-state index contributed by atoms with van der Waals surface area (Å²) in [6, 6.07) is 8.10. The van der Waals surface area contributed by atoms with Crippen molar-refractivity contribution in [2.45, 2.75) is 90.3 Å². The fraction of sp³-hybridized carbons (Fsp3) is 0.679. The first kappa shape index (κ1) is 26.6. The molecule has 0 spiro atoms. The van der Waals surface area contributed by atoms with Crippen molar-refractivity contribution in [3.8, 4) is 0 Å². The number of hydrogen-bond acceptors (Lipinski definition) is 5. The Hall–Kier alpha value is -2.05. The maximum Gasteiger partial charge on any atom is 0.410 e. The molecular weight excluding hydrogens is 430 g/mol. The summed E-state index contributed by atoms with van der Waals surface area (Å²) in [5.74, 6) is 0.779. The van der Waals surface area contributed by atoms with Crippen LogP contribution < -0.4 is 0 Å². The van der Waals surface area contributed by atoms with Gasteiger partial charge in [0.05, 0.1) is 5.60 Å². The molecule has 1 aliphatic rings. The normalized spacial score (nSPS) is 19.3. The molecule has 1 aromatic heterocycles. The predicted octanol–water partition coefficient (Wildman–Crippen LogP) is 6.38. The highest BCUT2D eigenvalue weighted by Crippen LogP contribution is 2.44. The number of hydrogen-bond donors (Lipinski definition) is 1. The number of furan rings is 1. The number of benzene rings is 1. The molecule has 1 saturated heterocycles. The summed E-state index contributed by atoms with van der Waals surface area (Å²) in [7, 11) is 1.70. The van der Waals surface area contributed by atoms with Crippen LogP contribution in [0.1, 0.15) is 85.0 Å². The third-order valence-corrected chi connectivity index (χ3v) is 6.65. The van der Waals surface area contributed by atoms with E-state index >= 15 is 0 Å². The quantitative estimate of drug-likeness (QED) is 0.472. The fourth-order valence-electron chi connectivity index (χ4n) is 4.83. The molecule has 0 bridgehead atoms. The number of amides is 1. The zero-order valence-corrected chi connectivity index (χ0v) is 22.1. The van der Waals surface area contributed by atoms with E-state index in [1.807, 2.05) is 39.0 Å². The van der Waals surface area contributed by atoms with E-state index in [0.29, 0.717) is 26.1 Å². The molecule has 0 radical (unpaired) electrons. The van der Waals surface area contributed by atoms with Gasteiger partial charge in [-0.05, 0) is 58.9 Å². The van der Waals surface area contributed by atoms with Gasteiger partial charge in [-0.25, -0.2) is 4.79 Å². The van der Waals surface area contributed by atoms with Crippen LogP contribution in [0.25, 0.3) is 11.0 Å². The largest absolute Gasteiger partial charge is 0.460 e. The zero-order chi connectivity index (χ0) is 25.1. The van der Waals surface area contributed by atoms with Crippen molar-refractivity contribution in [1.82, 2.24) is 4.90 Å². The van der Waals surface area contributed by atoms with E-state index in [4.69, 9.17) is 13.9 Å². The van der Waals surface area contributed by atoms with Crippen LogP contribution in [0.3, 0.4) is 0 Å². The number of unbranched alkanes of at least 4 members (excludes halogenated alkanes) is 1. The molecule has 1 N–H and O–H groups in total. The molecule has 1 fully saturated rings. The van der Waals surface area contributed by atoms with Crippen LogP contribution >= 0.6 is 0 Å². The van der Waals surface area contributed by atoms with Crippen LogP contribution in [0.4, 0.5) is 4.79 Å². The van der Waals surface area contributed by atoms with Gasteiger partial charge in [-0.15, -0.1) is 0 Å². The number of aliphatic hydroxyl groups is 1. The summed E-state index contributed by atoms with van der Waals surface area (Å²) >= 11 is 0. The van der Waals surface area contributed by atoms with Gasteiger partial charge < -0.3 is 23.9 Å². The van der Waals surface area contributed by atoms with Gasteiger partial charge in [0, 0.05) is 49.1 Å². The first-order valence-electron chi connectivity index (χ1n) is 12.6. The monoisotopic (exact) mass is 473 g/mol. The minimum absolute atomic E-state index is 0.120. The summed E-state index contributed by atoms with van der Waals surface area (Å²) in [6.45, 7) is 13.8. The number of nitrogens with zero attached hydrogens (tertiary/aromatic N) is 1. The second kappa shape index (κ2) is 10.3. The minimum Gasteiger partial charge on any atom is -0.460 e. The van der Waals surface area contributed by atoms with Crippen LogP contribution in [0.15, 0.2) is 28.7 Å². The Morgan fingerprint density at radius 3 is 2.56 bits per heavy atom.